The average molecular weight is 318 g/mol. The van der Waals surface area contributed by atoms with Crippen molar-refractivity contribution in [2.45, 2.75) is 23.1 Å². The molecule has 1 aliphatic rings. The summed E-state index contributed by atoms with van der Waals surface area (Å²) in [7, 11) is -2.20. The van der Waals surface area contributed by atoms with Crippen LogP contribution in [0.1, 0.15) is 12.8 Å². The molecule has 1 aliphatic heterocycles. The number of amides is 1. The van der Waals surface area contributed by atoms with Crippen LogP contribution < -0.4 is 0 Å². The van der Waals surface area contributed by atoms with Gasteiger partial charge in [-0.2, -0.15) is 4.31 Å². The lowest BCUT2D eigenvalue weighted by Gasteiger charge is -2.25. The molecule has 1 atom stereocenters. The maximum Gasteiger partial charge on any atom is 0.252 e. The Morgan fingerprint density at radius 2 is 2.35 bits per heavy atom. The van der Waals surface area contributed by atoms with E-state index < -0.39 is 10.0 Å². The lowest BCUT2D eigenvalue weighted by Crippen LogP contribution is -2.44. The molecular weight excluding hydrogens is 300 g/mol. The first-order valence-corrected chi connectivity index (χ1v) is 8.69. The normalized spacial score (nSPS) is 19.8. The minimum atomic E-state index is -3.60. The first-order chi connectivity index (χ1) is 9.46. The first kappa shape index (κ1) is 15.4. The number of carbonyl (C=O) groups is 1. The Morgan fingerprint density at radius 1 is 1.60 bits per heavy atom. The van der Waals surface area contributed by atoms with E-state index in [1.807, 2.05) is 0 Å². The summed E-state index contributed by atoms with van der Waals surface area (Å²) < 4.78 is 25.7. The fraction of sp³-hybridized carbons (Fsp3) is 0.583. The van der Waals surface area contributed by atoms with E-state index in [0.29, 0.717) is 6.54 Å². The van der Waals surface area contributed by atoms with Crippen molar-refractivity contribution in [1.82, 2.24) is 9.21 Å². The molecule has 2 heterocycles. The van der Waals surface area contributed by atoms with Crippen molar-refractivity contribution in [2.24, 2.45) is 0 Å². The van der Waals surface area contributed by atoms with Crippen molar-refractivity contribution in [3.8, 4) is 0 Å². The van der Waals surface area contributed by atoms with Crippen LogP contribution in [-0.4, -0.2) is 61.4 Å². The van der Waals surface area contributed by atoms with E-state index in [1.54, 1.807) is 16.3 Å². The van der Waals surface area contributed by atoms with Crippen molar-refractivity contribution >= 4 is 27.3 Å². The van der Waals surface area contributed by atoms with E-state index in [4.69, 9.17) is 0 Å². The molecule has 0 spiro atoms. The van der Waals surface area contributed by atoms with Crippen LogP contribution in [-0.2, 0) is 14.8 Å². The summed E-state index contributed by atoms with van der Waals surface area (Å²) in [6.45, 7) is 0.306. The average Bonchev–Trinajstić information content (AvgIpc) is 3.09. The Balaban J connectivity index is 2.04. The molecule has 0 radical (unpaired) electrons. The molecule has 0 aliphatic carbocycles. The van der Waals surface area contributed by atoms with Crippen LogP contribution in [0.3, 0.4) is 0 Å². The van der Waals surface area contributed by atoms with Gasteiger partial charge in [0.25, 0.3) is 10.0 Å². The Kier molecular flexibility index (Phi) is 4.79. The fourth-order valence-corrected chi connectivity index (χ4v) is 4.61. The summed E-state index contributed by atoms with van der Waals surface area (Å²) in [4.78, 5) is 13.7. The zero-order valence-corrected chi connectivity index (χ0v) is 12.9. The highest BCUT2D eigenvalue weighted by atomic mass is 32.2. The monoisotopic (exact) mass is 318 g/mol. The highest BCUT2D eigenvalue weighted by Gasteiger charge is 2.31. The number of carbonyl (C=O) groups excluding carboxylic acids is 1. The SMILES string of the molecule is CN(CC(=O)N1CCC[C@H]1CO)S(=O)(=O)c1cccs1. The van der Waals surface area contributed by atoms with Crippen LogP contribution in [0.4, 0.5) is 0 Å². The number of nitrogens with zero attached hydrogens (tertiary/aromatic N) is 2. The molecule has 1 aromatic heterocycles. The molecule has 1 saturated heterocycles. The summed E-state index contributed by atoms with van der Waals surface area (Å²) in [5, 5.41) is 10.9. The molecule has 0 saturated carbocycles. The van der Waals surface area contributed by atoms with Crippen LogP contribution >= 0.6 is 11.3 Å². The Hall–Kier alpha value is -0.960. The Bertz CT molecular complexity index is 556. The number of likely N-dealkylation sites (N-methyl/N-ethyl adjacent to an activating group) is 1. The molecule has 6 nitrogen and oxygen atoms in total. The Morgan fingerprint density at radius 3 is 2.95 bits per heavy atom. The van der Waals surface area contributed by atoms with Crippen LogP contribution in [0.25, 0.3) is 0 Å². The summed E-state index contributed by atoms with van der Waals surface area (Å²) in [6, 6.07) is 3.00. The maximum atomic E-state index is 12.2. The lowest BCUT2D eigenvalue weighted by atomic mass is 10.2. The van der Waals surface area contributed by atoms with Gasteiger partial charge < -0.3 is 10.0 Å². The second kappa shape index (κ2) is 6.21. The van der Waals surface area contributed by atoms with E-state index in [2.05, 4.69) is 0 Å². The summed E-state index contributed by atoms with van der Waals surface area (Å²) in [5.41, 5.74) is 0. The quantitative estimate of drug-likeness (QED) is 0.850. The molecule has 20 heavy (non-hydrogen) atoms. The number of rotatable bonds is 5. The molecule has 1 fully saturated rings. The van der Waals surface area contributed by atoms with Gasteiger partial charge in [-0.15, -0.1) is 11.3 Å². The number of aliphatic hydroxyl groups excluding tert-OH is 1. The molecule has 1 N–H and O–H groups in total. The number of aliphatic hydroxyl groups is 1. The first-order valence-electron chi connectivity index (χ1n) is 6.37. The number of thiophene rings is 1. The topological polar surface area (TPSA) is 77.9 Å². The van der Waals surface area contributed by atoms with Crippen molar-refractivity contribution < 1.29 is 18.3 Å². The fourth-order valence-electron chi connectivity index (χ4n) is 2.28. The van der Waals surface area contributed by atoms with E-state index in [9.17, 15) is 18.3 Å². The largest absolute Gasteiger partial charge is 0.394 e. The zero-order chi connectivity index (χ0) is 14.8. The van der Waals surface area contributed by atoms with Crippen molar-refractivity contribution in [1.29, 1.82) is 0 Å². The van der Waals surface area contributed by atoms with Crippen molar-refractivity contribution in [2.75, 3.05) is 26.7 Å². The number of hydrogen-bond acceptors (Lipinski definition) is 5. The van der Waals surface area contributed by atoms with E-state index in [1.165, 1.54) is 13.1 Å². The van der Waals surface area contributed by atoms with Gasteiger partial charge in [-0.1, -0.05) is 6.07 Å². The summed E-state index contributed by atoms with van der Waals surface area (Å²) in [6.07, 6.45) is 1.61. The molecule has 1 aromatic rings. The van der Waals surface area contributed by atoms with Crippen LogP contribution in [0.15, 0.2) is 21.7 Å². The smallest absolute Gasteiger partial charge is 0.252 e. The van der Waals surface area contributed by atoms with E-state index in [0.717, 1.165) is 28.5 Å². The predicted octanol–water partition coefficient (Wildman–Crippen LogP) is 0.352. The number of hydrogen-bond donors (Lipinski definition) is 1. The van der Waals surface area contributed by atoms with Gasteiger partial charge in [-0.25, -0.2) is 8.42 Å². The van der Waals surface area contributed by atoms with Gasteiger partial charge in [0.2, 0.25) is 5.91 Å². The van der Waals surface area contributed by atoms with Gasteiger partial charge in [-0.05, 0) is 24.3 Å². The molecule has 0 bridgehead atoms. The molecule has 0 unspecified atom stereocenters. The van der Waals surface area contributed by atoms with Crippen molar-refractivity contribution in [3.05, 3.63) is 17.5 Å². The van der Waals surface area contributed by atoms with Gasteiger partial charge in [0.05, 0.1) is 19.2 Å². The highest BCUT2D eigenvalue weighted by molar-refractivity contribution is 7.91. The molecule has 2 rings (SSSR count). The van der Waals surface area contributed by atoms with Gasteiger partial charge in [0.15, 0.2) is 0 Å². The van der Waals surface area contributed by atoms with Gasteiger partial charge in [0, 0.05) is 13.6 Å². The number of likely N-dealkylation sites (tertiary alicyclic amines) is 1. The van der Waals surface area contributed by atoms with Crippen molar-refractivity contribution in [3.63, 3.8) is 0 Å². The summed E-state index contributed by atoms with van der Waals surface area (Å²) >= 11 is 1.13. The standard InChI is InChI=1S/C12H18N2O4S2/c1-13(20(17,18)12-5-3-7-19-12)8-11(16)14-6-2-4-10(14)9-15/h3,5,7,10,15H,2,4,6,8-9H2,1H3/t10-/m0/s1. The van der Waals surface area contributed by atoms with Crippen LogP contribution in [0.5, 0.6) is 0 Å². The zero-order valence-electron chi connectivity index (χ0n) is 11.2. The van der Waals surface area contributed by atoms with Crippen LogP contribution in [0, 0.1) is 0 Å². The minimum Gasteiger partial charge on any atom is -0.394 e. The predicted molar refractivity (Wildman–Crippen MR) is 76.0 cm³/mol. The maximum absolute atomic E-state index is 12.2. The molecule has 112 valence electrons. The van der Waals surface area contributed by atoms with Gasteiger partial charge >= 0.3 is 0 Å². The third-order valence-corrected chi connectivity index (χ3v) is 6.60. The Labute approximate surface area is 122 Å². The second-order valence-corrected chi connectivity index (χ2v) is 7.98. The second-order valence-electron chi connectivity index (χ2n) is 4.76. The molecule has 8 heteroatoms. The highest BCUT2D eigenvalue weighted by Crippen LogP contribution is 2.21. The van der Waals surface area contributed by atoms with Crippen LogP contribution in [0.2, 0.25) is 0 Å². The van der Waals surface area contributed by atoms with Gasteiger partial charge in [-0.3, -0.25) is 4.79 Å². The third kappa shape index (κ3) is 3.03. The molecule has 0 aromatic carbocycles. The lowest BCUT2D eigenvalue weighted by molar-refractivity contribution is -0.132. The molecular formula is C12H18N2O4S2. The van der Waals surface area contributed by atoms with E-state index >= 15 is 0 Å². The number of sulfonamides is 1. The third-order valence-electron chi connectivity index (χ3n) is 3.43. The summed E-state index contributed by atoms with van der Waals surface area (Å²) in [5.74, 6) is -0.260. The van der Waals surface area contributed by atoms with E-state index in [-0.39, 0.29) is 29.3 Å². The van der Waals surface area contributed by atoms with Gasteiger partial charge in [0.1, 0.15) is 4.21 Å². The minimum absolute atomic E-state index is 0.0763. The molecule has 1 amide bonds.